The summed E-state index contributed by atoms with van der Waals surface area (Å²) in [6, 6.07) is 0. The summed E-state index contributed by atoms with van der Waals surface area (Å²) in [4.78, 5) is 38.4. The maximum atomic E-state index is 12.9. The lowest BCUT2D eigenvalue weighted by atomic mass is 10.0. The van der Waals surface area contributed by atoms with Crippen LogP contribution < -0.4 is 0 Å². The number of carbonyl (C=O) groups excluding carboxylic acids is 3. The SMILES string of the molecule is CC/C=C\C/C=C\C/C=C\C/C=C\CCCCCCCCCCCCCCCCCCCCC(=O)OCC(COC(=O)CCCCCCC/C=C\CCCCCC)OC(=O)CCCCCCCCCC/C=C\C/C=C\C/C=C\C/C=C\CC. The van der Waals surface area contributed by atoms with Crippen molar-refractivity contribution in [2.45, 2.75) is 348 Å². The molecule has 0 amide bonds. The largest absolute Gasteiger partial charge is 0.462 e. The Labute approximate surface area is 514 Å². The Morgan fingerprint density at radius 2 is 0.470 bits per heavy atom. The Morgan fingerprint density at radius 3 is 0.747 bits per heavy atom. The summed E-state index contributed by atoms with van der Waals surface area (Å²) in [5.41, 5.74) is 0. The van der Waals surface area contributed by atoms with Gasteiger partial charge in [0.15, 0.2) is 6.10 Å². The van der Waals surface area contributed by atoms with Gasteiger partial charge in [-0.3, -0.25) is 14.4 Å². The predicted molar refractivity (Wildman–Crippen MR) is 362 cm³/mol. The van der Waals surface area contributed by atoms with Crippen molar-refractivity contribution in [3.8, 4) is 0 Å². The summed E-state index contributed by atoms with van der Waals surface area (Å²) in [5.74, 6) is -0.884. The van der Waals surface area contributed by atoms with Crippen LogP contribution >= 0.6 is 0 Å². The van der Waals surface area contributed by atoms with Crippen molar-refractivity contribution in [3.05, 3.63) is 109 Å². The van der Waals surface area contributed by atoms with Gasteiger partial charge in [-0.15, -0.1) is 0 Å². The molecule has 0 N–H and O–H groups in total. The molecule has 0 aromatic carbocycles. The van der Waals surface area contributed by atoms with Gasteiger partial charge >= 0.3 is 17.9 Å². The van der Waals surface area contributed by atoms with E-state index in [9.17, 15) is 14.4 Å². The van der Waals surface area contributed by atoms with E-state index < -0.39 is 6.10 Å². The van der Waals surface area contributed by atoms with E-state index in [1.165, 1.54) is 180 Å². The molecule has 0 aliphatic carbocycles. The fourth-order valence-corrected chi connectivity index (χ4v) is 10.0. The lowest BCUT2D eigenvalue weighted by molar-refractivity contribution is -0.167. The van der Waals surface area contributed by atoms with Gasteiger partial charge in [0.05, 0.1) is 0 Å². The summed E-state index contributed by atoms with van der Waals surface area (Å²) in [7, 11) is 0. The normalized spacial score (nSPS) is 12.8. The lowest BCUT2D eigenvalue weighted by Crippen LogP contribution is -2.30. The van der Waals surface area contributed by atoms with Crippen LogP contribution in [0.3, 0.4) is 0 Å². The zero-order valence-electron chi connectivity index (χ0n) is 54.7. The van der Waals surface area contributed by atoms with Gasteiger partial charge < -0.3 is 14.2 Å². The highest BCUT2D eigenvalue weighted by molar-refractivity contribution is 5.71. The first-order valence-electron chi connectivity index (χ1n) is 35.4. The van der Waals surface area contributed by atoms with E-state index in [1.54, 1.807) is 0 Å². The van der Waals surface area contributed by atoms with Gasteiger partial charge in [0.25, 0.3) is 0 Å². The first-order valence-corrected chi connectivity index (χ1v) is 35.4. The summed E-state index contributed by atoms with van der Waals surface area (Å²) >= 11 is 0. The minimum atomic E-state index is -0.787. The molecule has 0 radical (unpaired) electrons. The van der Waals surface area contributed by atoms with E-state index in [4.69, 9.17) is 14.2 Å². The summed E-state index contributed by atoms with van der Waals surface area (Å²) < 4.78 is 17.0. The van der Waals surface area contributed by atoms with Crippen molar-refractivity contribution >= 4 is 17.9 Å². The number of hydrogen-bond donors (Lipinski definition) is 0. The number of hydrogen-bond acceptors (Lipinski definition) is 6. The maximum absolute atomic E-state index is 12.9. The highest BCUT2D eigenvalue weighted by Gasteiger charge is 2.19. The van der Waals surface area contributed by atoms with Crippen molar-refractivity contribution in [3.63, 3.8) is 0 Å². The number of rotatable bonds is 64. The lowest BCUT2D eigenvalue weighted by Gasteiger charge is -2.18. The minimum absolute atomic E-state index is 0.0814. The quantitative estimate of drug-likeness (QED) is 0.0261. The standard InChI is InChI=1S/C77H132O6/c1-4-7-10-13-16-19-22-25-27-29-31-33-34-35-36-37-38-39-40-41-42-44-45-47-49-52-55-58-61-64-67-70-76(79)82-73-74(72-81-75(78)69-66-63-60-57-54-51-24-21-18-15-12-9-6-3)83-77(80)71-68-65-62-59-56-53-50-48-46-43-32-30-28-26-23-20-17-14-11-8-5-2/h7-8,10-11,16-17,19-21,24-28,31-33,43,74H,4-6,9,12-15,18,22-23,29-30,34-42,44-73H2,1-3H3/b10-7-,11-8-,19-16-,20-17-,24-21-,27-25-,28-26-,33-31-,43-32-. The Balaban J connectivity index is 4.23. The van der Waals surface area contributed by atoms with E-state index in [2.05, 4.69) is 130 Å². The molecule has 0 heterocycles. The maximum Gasteiger partial charge on any atom is 0.306 e. The van der Waals surface area contributed by atoms with Crippen LogP contribution in [0, 0.1) is 0 Å². The van der Waals surface area contributed by atoms with Gasteiger partial charge in [-0.1, -0.05) is 310 Å². The molecule has 1 atom stereocenters. The van der Waals surface area contributed by atoms with Crippen LogP contribution in [0.4, 0.5) is 0 Å². The smallest absolute Gasteiger partial charge is 0.306 e. The topological polar surface area (TPSA) is 78.9 Å². The third kappa shape index (κ3) is 68.7. The molecular formula is C77H132O6. The molecule has 0 fully saturated rings. The van der Waals surface area contributed by atoms with Crippen LogP contribution in [0.2, 0.25) is 0 Å². The third-order valence-electron chi connectivity index (χ3n) is 15.2. The van der Waals surface area contributed by atoms with Crippen molar-refractivity contribution < 1.29 is 28.6 Å². The fourth-order valence-electron chi connectivity index (χ4n) is 10.0. The molecule has 0 saturated carbocycles. The highest BCUT2D eigenvalue weighted by Crippen LogP contribution is 2.17. The molecule has 0 aliphatic heterocycles. The van der Waals surface area contributed by atoms with E-state index in [1.807, 2.05) is 0 Å². The van der Waals surface area contributed by atoms with E-state index in [0.717, 1.165) is 122 Å². The molecule has 0 aliphatic rings. The molecule has 0 aromatic heterocycles. The number of allylic oxidation sites excluding steroid dienone is 18. The number of esters is 3. The monoisotopic (exact) mass is 1150 g/mol. The molecule has 83 heavy (non-hydrogen) atoms. The molecule has 476 valence electrons. The van der Waals surface area contributed by atoms with Crippen LogP contribution in [0.5, 0.6) is 0 Å². The second-order valence-corrected chi connectivity index (χ2v) is 23.4. The first-order chi connectivity index (χ1) is 41.0. The van der Waals surface area contributed by atoms with Gasteiger partial charge in [-0.05, 0) is 122 Å². The average Bonchev–Trinajstić information content (AvgIpc) is 3.49. The molecule has 0 aromatic rings. The molecule has 1 unspecified atom stereocenters. The van der Waals surface area contributed by atoms with Crippen molar-refractivity contribution in [1.82, 2.24) is 0 Å². The van der Waals surface area contributed by atoms with Crippen LogP contribution in [0.15, 0.2) is 109 Å². The summed E-state index contributed by atoms with van der Waals surface area (Å²) in [6.07, 6.45) is 96.9. The molecule has 0 saturated heterocycles. The molecule has 0 spiro atoms. The molecule has 0 bridgehead atoms. The molecule has 6 heteroatoms. The number of unbranched alkanes of at least 4 members (excludes halogenated alkanes) is 35. The van der Waals surface area contributed by atoms with Gasteiger partial charge in [0.2, 0.25) is 0 Å². The van der Waals surface area contributed by atoms with Gasteiger partial charge in [-0.25, -0.2) is 0 Å². The van der Waals surface area contributed by atoms with Crippen LogP contribution in [0.1, 0.15) is 342 Å². The Morgan fingerprint density at radius 1 is 0.253 bits per heavy atom. The summed E-state index contributed by atoms with van der Waals surface area (Å²) in [6.45, 7) is 6.42. The van der Waals surface area contributed by atoms with Crippen molar-refractivity contribution in [2.75, 3.05) is 13.2 Å². The molecule has 0 rings (SSSR count). The van der Waals surface area contributed by atoms with Crippen molar-refractivity contribution in [2.24, 2.45) is 0 Å². The Kier molecular flexibility index (Phi) is 67.2. The molecular weight excluding hydrogens is 1020 g/mol. The van der Waals surface area contributed by atoms with Gasteiger partial charge in [0.1, 0.15) is 13.2 Å². The summed E-state index contributed by atoms with van der Waals surface area (Å²) in [5, 5.41) is 0. The van der Waals surface area contributed by atoms with Crippen LogP contribution in [0.25, 0.3) is 0 Å². The highest BCUT2D eigenvalue weighted by atomic mass is 16.6. The van der Waals surface area contributed by atoms with Crippen LogP contribution in [-0.4, -0.2) is 37.2 Å². The van der Waals surface area contributed by atoms with E-state index in [0.29, 0.717) is 19.3 Å². The minimum Gasteiger partial charge on any atom is -0.462 e. The zero-order chi connectivity index (χ0) is 59.9. The second-order valence-electron chi connectivity index (χ2n) is 23.4. The van der Waals surface area contributed by atoms with Gasteiger partial charge in [-0.2, -0.15) is 0 Å². The average molecular weight is 1150 g/mol. The predicted octanol–water partition coefficient (Wildman–Crippen LogP) is 24.6. The molecule has 6 nitrogen and oxygen atoms in total. The first kappa shape index (κ1) is 79.1. The number of ether oxygens (including phenoxy) is 3. The van der Waals surface area contributed by atoms with Gasteiger partial charge in [0, 0.05) is 19.3 Å². The van der Waals surface area contributed by atoms with Crippen LogP contribution in [-0.2, 0) is 28.6 Å². The van der Waals surface area contributed by atoms with E-state index in [-0.39, 0.29) is 31.1 Å². The fraction of sp³-hybridized carbons (Fsp3) is 0.727. The number of carbonyl (C=O) groups is 3. The van der Waals surface area contributed by atoms with Crippen molar-refractivity contribution in [1.29, 1.82) is 0 Å². The Hall–Kier alpha value is -3.93. The second kappa shape index (κ2) is 70.6. The van der Waals surface area contributed by atoms with E-state index >= 15 is 0 Å². The zero-order valence-corrected chi connectivity index (χ0v) is 54.7. The third-order valence-corrected chi connectivity index (χ3v) is 15.2. The Bertz CT molecular complexity index is 1660.